The Labute approximate surface area is 198 Å². The largest absolute Gasteiger partial charge is 0.428 e. The molecule has 0 atom stereocenters. The van der Waals surface area contributed by atoms with Gasteiger partial charge >= 0.3 is 0 Å². The van der Waals surface area contributed by atoms with Crippen LogP contribution < -0.4 is 9.30 Å². The van der Waals surface area contributed by atoms with Crippen LogP contribution in [0.25, 0.3) is 33.5 Å². The van der Waals surface area contributed by atoms with Gasteiger partial charge in [-0.05, 0) is 53.3 Å². The van der Waals surface area contributed by atoms with E-state index in [1.165, 1.54) is 33.4 Å². The molecule has 33 heavy (non-hydrogen) atoms. The minimum Gasteiger partial charge on any atom is -0.428 e. The van der Waals surface area contributed by atoms with Crippen LogP contribution in [0.4, 0.5) is 0 Å². The molecule has 0 saturated carbocycles. The molecule has 3 nitrogen and oxygen atoms in total. The zero-order chi connectivity index (χ0) is 22.8. The van der Waals surface area contributed by atoms with Crippen LogP contribution in [0.15, 0.2) is 96.6 Å². The van der Waals surface area contributed by atoms with Crippen molar-refractivity contribution in [1.29, 1.82) is 0 Å². The first-order chi connectivity index (χ1) is 16.1. The molecule has 162 valence electrons. The summed E-state index contributed by atoms with van der Waals surface area (Å²) in [5.41, 5.74) is 9.83. The Balaban J connectivity index is 1.50. The lowest BCUT2D eigenvalue weighted by molar-refractivity contribution is -0.660. The third kappa shape index (κ3) is 4.43. The summed E-state index contributed by atoms with van der Waals surface area (Å²) in [6, 6.07) is 27.3. The molecule has 5 rings (SSSR count). The van der Waals surface area contributed by atoms with E-state index in [0.29, 0.717) is 5.88 Å². The van der Waals surface area contributed by atoms with E-state index in [-0.39, 0.29) is 0 Å². The van der Waals surface area contributed by atoms with Crippen LogP contribution in [0.5, 0.6) is 10.9 Å². The number of nitrogens with zero attached hydrogens (tertiary/aromatic N) is 2. The number of rotatable bonds is 5. The molecule has 2 aromatic carbocycles. The van der Waals surface area contributed by atoms with Gasteiger partial charge in [-0.25, -0.2) is 9.55 Å². The Kier molecular flexibility index (Phi) is 5.76. The molecule has 0 saturated heterocycles. The van der Waals surface area contributed by atoms with Crippen LogP contribution >= 0.6 is 11.3 Å². The first-order valence-corrected chi connectivity index (χ1v) is 11.8. The van der Waals surface area contributed by atoms with Crippen molar-refractivity contribution in [2.24, 2.45) is 7.05 Å². The molecule has 5 aromatic rings. The molecule has 0 radical (unpaired) electrons. The maximum Gasteiger partial charge on any atom is 0.220 e. The number of ether oxygens (including phenoxy) is 1. The van der Waals surface area contributed by atoms with Crippen molar-refractivity contribution in [2.75, 3.05) is 0 Å². The lowest BCUT2D eigenvalue weighted by Crippen LogP contribution is -2.30. The fraction of sp³-hybridized carbons (Fsp3) is 0.103. The lowest BCUT2D eigenvalue weighted by Gasteiger charge is -2.13. The highest BCUT2D eigenvalue weighted by Crippen LogP contribution is 2.36. The molecule has 0 bridgehead atoms. The Morgan fingerprint density at radius 2 is 1.52 bits per heavy atom. The van der Waals surface area contributed by atoms with Crippen molar-refractivity contribution < 1.29 is 9.30 Å². The van der Waals surface area contributed by atoms with Crippen LogP contribution in [0, 0.1) is 13.8 Å². The van der Waals surface area contributed by atoms with Gasteiger partial charge in [-0.3, -0.25) is 0 Å². The van der Waals surface area contributed by atoms with E-state index in [9.17, 15) is 0 Å². The molecule has 0 spiro atoms. The molecule has 0 N–H and O–H groups in total. The second-order valence-corrected chi connectivity index (χ2v) is 9.06. The SMILES string of the molecule is Cc1cc(-c2ccccc2)cc(C)c1-c1cc[n+](C)c(-c2csc(Oc3ccccn3)c2)c1. The normalized spacial score (nSPS) is 10.9. The summed E-state index contributed by atoms with van der Waals surface area (Å²) in [5.74, 6) is 0.605. The van der Waals surface area contributed by atoms with Crippen molar-refractivity contribution in [3.05, 3.63) is 108 Å². The van der Waals surface area contributed by atoms with Crippen molar-refractivity contribution in [2.45, 2.75) is 13.8 Å². The van der Waals surface area contributed by atoms with Crippen molar-refractivity contribution in [3.63, 3.8) is 0 Å². The molecule has 0 unspecified atom stereocenters. The number of benzene rings is 2. The summed E-state index contributed by atoms with van der Waals surface area (Å²) in [5, 5.41) is 2.96. The van der Waals surface area contributed by atoms with Gasteiger partial charge < -0.3 is 4.74 Å². The molecule has 3 heterocycles. The van der Waals surface area contributed by atoms with Crippen LogP contribution in [-0.2, 0) is 7.05 Å². The van der Waals surface area contributed by atoms with Gasteiger partial charge in [-0.2, -0.15) is 0 Å². The molecule has 0 aliphatic rings. The molecule has 0 aliphatic carbocycles. The van der Waals surface area contributed by atoms with Crippen LogP contribution in [0.1, 0.15) is 11.1 Å². The molecular weight excluding hydrogens is 424 g/mol. The van der Waals surface area contributed by atoms with E-state index < -0.39 is 0 Å². The monoisotopic (exact) mass is 449 g/mol. The Morgan fingerprint density at radius 3 is 2.24 bits per heavy atom. The summed E-state index contributed by atoms with van der Waals surface area (Å²) >= 11 is 1.58. The number of aryl methyl sites for hydroxylation is 3. The summed E-state index contributed by atoms with van der Waals surface area (Å²) < 4.78 is 8.08. The number of thiophene rings is 1. The van der Waals surface area contributed by atoms with E-state index in [1.54, 1.807) is 17.5 Å². The van der Waals surface area contributed by atoms with E-state index in [0.717, 1.165) is 16.3 Å². The molecular formula is C29H25N2OS+. The number of pyridine rings is 2. The highest BCUT2D eigenvalue weighted by molar-refractivity contribution is 7.12. The van der Waals surface area contributed by atoms with Gasteiger partial charge in [-0.15, -0.1) is 11.3 Å². The van der Waals surface area contributed by atoms with Crippen molar-refractivity contribution in [1.82, 2.24) is 4.98 Å². The quantitative estimate of drug-likeness (QED) is 0.262. The Bertz CT molecular complexity index is 1390. The van der Waals surface area contributed by atoms with E-state index in [1.807, 2.05) is 18.2 Å². The zero-order valence-electron chi connectivity index (χ0n) is 18.9. The molecule has 4 heteroatoms. The van der Waals surface area contributed by atoms with E-state index >= 15 is 0 Å². The highest BCUT2D eigenvalue weighted by Gasteiger charge is 2.17. The first kappa shape index (κ1) is 21.1. The van der Waals surface area contributed by atoms with Crippen LogP contribution in [0.3, 0.4) is 0 Å². The zero-order valence-corrected chi connectivity index (χ0v) is 19.8. The summed E-state index contributed by atoms with van der Waals surface area (Å²) in [6.07, 6.45) is 3.87. The molecule has 0 amide bonds. The maximum atomic E-state index is 5.93. The second kappa shape index (κ2) is 9.00. The average Bonchev–Trinajstić information content (AvgIpc) is 3.29. The Hall–Kier alpha value is -3.76. The van der Waals surface area contributed by atoms with E-state index in [4.69, 9.17) is 4.74 Å². The summed E-state index contributed by atoms with van der Waals surface area (Å²) in [4.78, 5) is 4.25. The second-order valence-electron chi connectivity index (χ2n) is 8.19. The third-order valence-electron chi connectivity index (χ3n) is 5.79. The van der Waals surface area contributed by atoms with Crippen LogP contribution in [0.2, 0.25) is 0 Å². The standard InChI is InChI=1S/C29H25N2OS/c1-20-15-24(22-9-5-4-6-10-22)16-21(2)29(20)23-12-14-31(3)26(17-23)25-18-28(33-19-25)32-27-11-7-8-13-30-27/h4-19H,1-3H3/q+1. The molecule has 0 fully saturated rings. The lowest BCUT2D eigenvalue weighted by atomic mass is 9.91. The number of aromatic nitrogens is 2. The minimum absolute atomic E-state index is 0.605. The first-order valence-electron chi connectivity index (χ1n) is 10.9. The predicted octanol–water partition coefficient (Wildman–Crippen LogP) is 7.38. The molecule has 0 aliphatic heterocycles. The van der Waals surface area contributed by atoms with E-state index in [2.05, 4.69) is 103 Å². The number of hydrogen-bond acceptors (Lipinski definition) is 3. The van der Waals surface area contributed by atoms with Gasteiger partial charge in [0.15, 0.2) is 11.3 Å². The fourth-order valence-corrected chi connectivity index (χ4v) is 5.00. The average molecular weight is 450 g/mol. The van der Waals surface area contributed by atoms with Gasteiger partial charge in [0.1, 0.15) is 7.05 Å². The predicted molar refractivity (Wildman–Crippen MR) is 136 cm³/mol. The van der Waals surface area contributed by atoms with Crippen LogP contribution in [-0.4, -0.2) is 4.98 Å². The van der Waals surface area contributed by atoms with Crippen molar-refractivity contribution in [3.8, 4) is 44.5 Å². The van der Waals surface area contributed by atoms with Gasteiger partial charge in [0, 0.05) is 35.8 Å². The summed E-state index contributed by atoms with van der Waals surface area (Å²) in [6.45, 7) is 4.40. The maximum absolute atomic E-state index is 5.93. The van der Waals surface area contributed by atoms with Gasteiger partial charge in [0.25, 0.3) is 0 Å². The molecule has 3 aromatic heterocycles. The summed E-state index contributed by atoms with van der Waals surface area (Å²) in [7, 11) is 2.08. The fourth-order valence-electron chi connectivity index (χ4n) is 4.24. The van der Waals surface area contributed by atoms with Gasteiger partial charge in [-0.1, -0.05) is 48.5 Å². The minimum atomic E-state index is 0.605. The Morgan fingerprint density at radius 1 is 0.758 bits per heavy atom. The van der Waals surface area contributed by atoms with Crippen molar-refractivity contribution >= 4 is 11.3 Å². The number of hydrogen-bond donors (Lipinski definition) is 0. The smallest absolute Gasteiger partial charge is 0.220 e. The van der Waals surface area contributed by atoms with Gasteiger partial charge in [0.05, 0.1) is 5.56 Å². The highest BCUT2D eigenvalue weighted by atomic mass is 32.1. The van der Waals surface area contributed by atoms with Gasteiger partial charge in [0.2, 0.25) is 11.6 Å². The topological polar surface area (TPSA) is 26.0 Å². The third-order valence-corrected chi connectivity index (χ3v) is 6.60.